The predicted octanol–water partition coefficient (Wildman–Crippen LogP) is 2.18. The van der Waals surface area contributed by atoms with Gasteiger partial charge in [0.1, 0.15) is 5.76 Å². The van der Waals surface area contributed by atoms with Crippen molar-refractivity contribution in [1.29, 1.82) is 0 Å². The van der Waals surface area contributed by atoms with E-state index >= 15 is 0 Å². The summed E-state index contributed by atoms with van der Waals surface area (Å²) >= 11 is 5.59. The fourth-order valence-corrected chi connectivity index (χ4v) is 1.83. The van der Waals surface area contributed by atoms with Crippen LogP contribution in [0.1, 0.15) is 24.5 Å². The lowest BCUT2D eigenvalue weighted by Crippen LogP contribution is -2.07. The van der Waals surface area contributed by atoms with Crippen molar-refractivity contribution in [2.75, 3.05) is 12.5 Å². The third kappa shape index (κ3) is 2.49. The topological polar surface area (TPSA) is 35.3 Å². The smallest absolute Gasteiger partial charge is 0.195 e. The molecular weight excluding hydrogens is 202 g/mol. The standard InChI is InChI=1S/C10H14ClNO2/c11-4-3-10-12-7-9(14-10)6-8-2-1-5-13-8/h7-8H,1-6H2. The molecule has 2 heterocycles. The number of aryl methyl sites for hydroxylation is 1. The van der Waals surface area contributed by atoms with Crippen LogP contribution in [0.3, 0.4) is 0 Å². The molecule has 1 saturated heterocycles. The Bertz CT molecular complexity index is 281. The molecular formula is C10H14ClNO2. The zero-order valence-electron chi connectivity index (χ0n) is 8.04. The van der Waals surface area contributed by atoms with Gasteiger partial charge in [0, 0.05) is 25.3 Å². The first-order valence-corrected chi connectivity index (χ1v) is 5.53. The summed E-state index contributed by atoms with van der Waals surface area (Å²) in [6, 6.07) is 0. The average molecular weight is 216 g/mol. The van der Waals surface area contributed by atoms with E-state index in [1.807, 2.05) is 0 Å². The van der Waals surface area contributed by atoms with Gasteiger partial charge in [-0.25, -0.2) is 4.98 Å². The zero-order chi connectivity index (χ0) is 9.80. The molecule has 0 radical (unpaired) electrons. The first kappa shape index (κ1) is 9.99. The summed E-state index contributed by atoms with van der Waals surface area (Å²) in [5, 5.41) is 0. The molecule has 78 valence electrons. The van der Waals surface area contributed by atoms with E-state index in [0.717, 1.165) is 37.5 Å². The molecule has 0 N–H and O–H groups in total. The molecule has 1 aromatic heterocycles. The van der Waals surface area contributed by atoms with Gasteiger partial charge < -0.3 is 9.15 Å². The number of halogens is 1. The molecule has 0 bridgehead atoms. The van der Waals surface area contributed by atoms with Gasteiger partial charge in [0.25, 0.3) is 0 Å². The van der Waals surface area contributed by atoms with Crippen LogP contribution < -0.4 is 0 Å². The van der Waals surface area contributed by atoms with Crippen LogP contribution in [-0.4, -0.2) is 23.6 Å². The van der Waals surface area contributed by atoms with E-state index in [1.165, 1.54) is 0 Å². The van der Waals surface area contributed by atoms with Crippen molar-refractivity contribution >= 4 is 11.6 Å². The Morgan fingerprint density at radius 2 is 2.50 bits per heavy atom. The first-order valence-electron chi connectivity index (χ1n) is 4.99. The van der Waals surface area contributed by atoms with Crippen LogP contribution in [-0.2, 0) is 17.6 Å². The van der Waals surface area contributed by atoms with Crippen LogP contribution in [0.2, 0.25) is 0 Å². The van der Waals surface area contributed by atoms with Crippen LogP contribution in [0.4, 0.5) is 0 Å². The van der Waals surface area contributed by atoms with Crippen molar-refractivity contribution in [3.8, 4) is 0 Å². The monoisotopic (exact) mass is 215 g/mol. The van der Waals surface area contributed by atoms with Gasteiger partial charge in [0.2, 0.25) is 0 Å². The molecule has 0 saturated carbocycles. The predicted molar refractivity (Wildman–Crippen MR) is 53.6 cm³/mol. The Kier molecular flexibility index (Phi) is 3.43. The lowest BCUT2D eigenvalue weighted by molar-refractivity contribution is 0.107. The van der Waals surface area contributed by atoms with Crippen molar-refractivity contribution in [3.63, 3.8) is 0 Å². The number of alkyl halides is 1. The van der Waals surface area contributed by atoms with Crippen LogP contribution in [0.15, 0.2) is 10.6 Å². The van der Waals surface area contributed by atoms with E-state index in [4.69, 9.17) is 20.8 Å². The summed E-state index contributed by atoms with van der Waals surface area (Å²) in [6.45, 7) is 0.882. The highest BCUT2D eigenvalue weighted by molar-refractivity contribution is 6.17. The minimum absolute atomic E-state index is 0.326. The number of aromatic nitrogens is 1. The molecule has 1 aliphatic heterocycles. The Labute approximate surface area is 88.4 Å². The number of nitrogens with zero attached hydrogens (tertiary/aromatic N) is 1. The van der Waals surface area contributed by atoms with Gasteiger partial charge in [-0.3, -0.25) is 0 Å². The Morgan fingerprint density at radius 1 is 1.57 bits per heavy atom. The maximum Gasteiger partial charge on any atom is 0.195 e. The van der Waals surface area contributed by atoms with Crippen molar-refractivity contribution < 1.29 is 9.15 Å². The Morgan fingerprint density at radius 3 is 3.21 bits per heavy atom. The lowest BCUT2D eigenvalue weighted by atomic mass is 10.1. The average Bonchev–Trinajstić information content (AvgIpc) is 2.79. The van der Waals surface area contributed by atoms with Crippen molar-refractivity contribution in [3.05, 3.63) is 17.8 Å². The number of hydrogen-bond donors (Lipinski definition) is 0. The fraction of sp³-hybridized carbons (Fsp3) is 0.700. The third-order valence-electron chi connectivity index (χ3n) is 2.36. The highest BCUT2D eigenvalue weighted by Gasteiger charge is 2.17. The van der Waals surface area contributed by atoms with Crippen LogP contribution in [0.5, 0.6) is 0 Å². The number of oxazole rings is 1. The molecule has 2 rings (SSSR count). The molecule has 14 heavy (non-hydrogen) atoms. The highest BCUT2D eigenvalue weighted by Crippen LogP contribution is 2.17. The van der Waals surface area contributed by atoms with E-state index in [1.54, 1.807) is 6.20 Å². The van der Waals surface area contributed by atoms with Crippen LogP contribution >= 0.6 is 11.6 Å². The van der Waals surface area contributed by atoms with Gasteiger partial charge in [-0.1, -0.05) is 0 Å². The van der Waals surface area contributed by atoms with E-state index in [9.17, 15) is 0 Å². The van der Waals surface area contributed by atoms with Gasteiger partial charge in [0.05, 0.1) is 12.3 Å². The molecule has 1 aliphatic rings. The van der Waals surface area contributed by atoms with E-state index < -0.39 is 0 Å². The van der Waals surface area contributed by atoms with Crippen molar-refractivity contribution in [2.24, 2.45) is 0 Å². The largest absolute Gasteiger partial charge is 0.446 e. The van der Waals surface area contributed by atoms with Crippen molar-refractivity contribution in [2.45, 2.75) is 31.8 Å². The Balaban J connectivity index is 1.88. The fourth-order valence-electron chi connectivity index (χ4n) is 1.67. The minimum atomic E-state index is 0.326. The molecule has 1 aromatic rings. The van der Waals surface area contributed by atoms with E-state index in [2.05, 4.69) is 4.98 Å². The quantitative estimate of drug-likeness (QED) is 0.723. The van der Waals surface area contributed by atoms with Crippen LogP contribution in [0.25, 0.3) is 0 Å². The van der Waals surface area contributed by atoms with Gasteiger partial charge in [-0.15, -0.1) is 11.6 Å². The van der Waals surface area contributed by atoms with Crippen LogP contribution in [0, 0.1) is 0 Å². The summed E-state index contributed by atoms with van der Waals surface area (Å²) in [7, 11) is 0. The third-order valence-corrected chi connectivity index (χ3v) is 2.55. The molecule has 1 fully saturated rings. The normalized spacial score (nSPS) is 21.6. The highest BCUT2D eigenvalue weighted by atomic mass is 35.5. The lowest BCUT2D eigenvalue weighted by Gasteiger charge is -2.05. The summed E-state index contributed by atoms with van der Waals surface area (Å²) in [5.41, 5.74) is 0. The zero-order valence-corrected chi connectivity index (χ0v) is 8.79. The van der Waals surface area contributed by atoms with E-state index in [-0.39, 0.29) is 0 Å². The van der Waals surface area contributed by atoms with E-state index in [0.29, 0.717) is 18.4 Å². The number of rotatable bonds is 4. The molecule has 1 unspecified atom stereocenters. The maximum absolute atomic E-state index is 5.59. The number of hydrogen-bond acceptors (Lipinski definition) is 3. The van der Waals surface area contributed by atoms with Gasteiger partial charge in [0.15, 0.2) is 5.89 Å². The van der Waals surface area contributed by atoms with Gasteiger partial charge in [-0.2, -0.15) is 0 Å². The summed E-state index contributed by atoms with van der Waals surface area (Å²) in [4.78, 5) is 4.14. The molecule has 0 aliphatic carbocycles. The molecule has 0 spiro atoms. The molecule has 3 nitrogen and oxygen atoms in total. The summed E-state index contributed by atoms with van der Waals surface area (Å²) in [5.74, 6) is 2.20. The second-order valence-corrected chi connectivity index (χ2v) is 3.88. The summed E-state index contributed by atoms with van der Waals surface area (Å²) in [6.07, 6.45) is 5.94. The molecule has 0 aromatic carbocycles. The maximum atomic E-state index is 5.59. The number of ether oxygens (including phenoxy) is 1. The van der Waals surface area contributed by atoms with Crippen molar-refractivity contribution in [1.82, 2.24) is 4.98 Å². The molecule has 1 atom stereocenters. The SMILES string of the molecule is ClCCc1ncc(CC2CCCO2)o1. The second-order valence-electron chi connectivity index (χ2n) is 3.50. The first-order chi connectivity index (χ1) is 6.88. The molecule has 4 heteroatoms. The second kappa shape index (κ2) is 4.80. The Hall–Kier alpha value is -0.540. The van der Waals surface area contributed by atoms with Gasteiger partial charge >= 0.3 is 0 Å². The molecule has 0 amide bonds. The summed E-state index contributed by atoms with van der Waals surface area (Å²) < 4.78 is 11.0. The minimum Gasteiger partial charge on any atom is -0.446 e. The van der Waals surface area contributed by atoms with Gasteiger partial charge in [-0.05, 0) is 12.8 Å².